The van der Waals surface area contributed by atoms with Crippen LogP contribution >= 0.6 is 11.8 Å². The molecule has 1 aliphatic heterocycles. The Kier molecular flexibility index (Phi) is 6.17. The summed E-state index contributed by atoms with van der Waals surface area (Å²) in [6, 6.07) is 6.97. The molecule has 0 spiro atoms. The van der Waals surface area contributed by atoms with Crippen molar-refractivity contribution in [2.75, 3.05) is 24.2 Å². The van der Waals surface area contributed by atoms with Crippen molar-refractivity contribution < 1.29 is 4.43 Å². The van der Waals surface area contributed by atoms with E-state index >= 15 is 0 Å². The van der Waals surface area contributed by atoms with Crippen LogP contribution in [0.5, 0.6) is 0 Å². The molecule has 2 aromatic heterocycles. The highest BCUT2D eigenvalue weighted by molar-refractivity contribution is 7.98. The van der Waals surface area contributed by atoms with Crippen LogP contribution in [0.2, 0.25) is 18.1 Å². The Hall–Kier alpha value is -1.77. The second-order valence-electron chi connectivity index (χ2n) is 9.07. The molecule has 0 aromatic carbocycles. The zero-order chi connectivity index (χ0) is 21.4. The number of rotatable bonds is 5. The van der Waals surface area contributed by atoms with Gasteiger partial charge in [-0.25, -0.2) is 0 Å². The topological polar surface area (TPSA) is 67.3 Å². The van der Waals surface area contributed by atoms with E-state index in [1.807, 2.05) is 18.4 Å². The van der Waals surface area contributed by atoms with Gasteiger partial charge in [0.25, 0.3) is 11.1 Å². The number of nitrogens with one attached hydrogen (secondary N) is 1. The standard InChI is InChI=1S/C21H31N3O3SSi/c1-21(2,3)29(5,6)27-15-9-11-23(14-15)18-8-7-17(20(26)22-18)24-12-10-16(28-4)13-19(24)25/h7-8,10,12-13,15H,9,11,14H2,1-6H3,(H,22,26)/t15-/m1/s1. The summed E-state index contributed by atoms with van der Waals surface area (Å²) in [4.78, 5) is 31.0. The van der Waals surface area contributed by atoms with Crippen molar-refractivity contribution in [2.45, 2.75) is 56.3 Å². The lowest BCUT2D eigenvalue weighted by atomic mass is 10.2. The van der Waals surface area contributed by atoms with Crippen LogP contribution in [0, 0.1) is 0 Å². The van der Waals surface area contributed by atoms with Gasteiger partial charge in [0.2, 0.25) is 0 Å². The molecule has 0 unspecified atom stereocenters. The fourth-order valence-corrected chi connectivity index (χ4v) is 5.05. The van der Waals surface area contributed by atoms with Gasteiger partial charge in [0.05, 0.1) is 6.10 Å². The molecule has 1 saturated heterocycles. The van der Waals surface area contributed by atoms with Gasteiger partial charge in [-0.2, -0.15) is 0 Å². The molecular formula is C21H31N3O3SSi. The molecule has 1 fully saturated rings. The zero-order valence-corrected chi connectivity index (χ0v) is 19.9. The van der Waals surface area contributed by atoms with E-state index in [2.05, 4.69) is 43.7 Å². The average molecular weight is 434 g/mol. The normalized spacial score (nSPS) is 17.7. The fraction of sp³-hybridized carbons (Fsp3) is 0.524. The molecule has 1 atom stereocenters. The average Bonchev–Trinajstić information content (AvgIpc) is 3.09. The summed E-state index contributed by atoms with van der Waals surface area (Å²) in [5, 5.41) is 0.176. The van der Waals surface area contributed by atoms with E-state index in [4.69, 9.17) is 4.43 Å². The first-order valence-corrected chi connectivity index (χ1v) is 14.1. The Labute approximate surface area is 177 Å². The van der Waals surface area contributed by atoms with Crippen LogP contribution < -0.4 is 16.0 Å². The predicted molar refractivity (Wildman–Crippen MR) is 123 cm³/mol. The van der Waals surface area contributed by atoms with Crippen LogP contribution in [-0.4, -0.2) is 43.3 Å². The Balaban J connectivity index is 1.76. The molecule has 2 aromatic rings. The number of nitrogens with zero attached hydrogens (tertiary/aromatic N) is 2. The quantitative estimate of drug-likeness (QED) is 0.573. The van der Waals surface area contributed by atoms with Gasteiger partial charge in [0.15, 0.2) is 8.32 Å². The lowest BCUT2D eigenvalue weighted by molar-refractivity contribution is 0.202. The number of hydrogen-bond acceptors (Lipinski definition) is 5. The van der Waals surface area contributed by atoms with E-state index in [1.165, 1.54) is 16.3 Å². The van der Waals surface area contributed by atoms with Gasteiger partial charge in [-0.15, -0.1) is 11.8 Å². The van der Waals surface area contributed by atoms with Crippen molar-refractivity contribution in [3.8, 4) is 5.69 Å². The summed E-state index contributed by atoms with van der Waals surface area (Å²) < 4.78 is 7.92. The van der Waals surface area contributed by atoms with Gasteiger partial charge in [0.1, 0.15) is 11.5 Å². The van der Waals surface area contributed by atoms with Crippen molar-refractivity contribution in [3.05, 3.63) is 51.2 Å². The largest absolute Gasteiger partial charge is 0.412 e. The second kappa shape index (κ2) is 8.16. The number of thioether (sulfide) groups is 1. The fourth-order valence-electron chi connectivity index (χ4n) is 3.25. The molecule has 158 valence electrons. The van der Waals surface area contributed by atoms with Crippen LogP contribution in [0.3, 0.4) is 0 Å². The Morgan fingerprint density at radius 3 is 2.52 bits per heavy atom. The summed E-state index contributed by atoms with van der Waals surface area (Å²) in [6.45, 7) is 12.9. The van der Waals surface area contributed by atoms with Gasteiger partial charge in [-0.1, -0.05) is 20.8 Å². The highest BCUT2D eigenvalue weighted by Gasteiger charge is 2.40. The second-order valence-corrected chi connectivity index (χ2v) is 14.7. The van der Waals surface area contributed by atoms with Gasteiger partial charge >= 0.3 is 0 Å². The SMILES string of the molecule is CSc1ccn(-c2ccc(N3CC[C@@H](O[Si](C)(C)C(C)(C)C)C3)[nH]c2=O)c(=O)c1. The van der Waals surface area contributed by atoms with Crippen molar-refractivity contribution in [3.63, 3.8) is 0 Å². The predicted octanol–water partition coefficient (Wildman–Crippen LogP) is 3.85. The van der Waals surface area contributed by atoms with Crippen LogP contribution in [-0.2, 0) is 4.43 Å². The molecule has 29 heavy (non-hydrogen) atoms. The molecule has 6 nitrogen and oxygen atoms in total. The maximum Gasteiger partial charge on any atom is 0.273 e. The number of pyridine rings is 2. The third-order valence-electron chi connectivity index (χ3n) is 6.01. The monoisotopic (exact) mass is 433 g/mol. The first-order valence-electron chi connectivity index (χ1n) is 9.95. The number of aromatic nitrogens is 2. The molecular weight excluding hydrogens is 402 g/mol. The molecule has 1 aliphatic rings. The molecule has 0 saturated carbocycles. The molecule has 0 amide bonds. The van der Waals surface area contributed by atoms with Crippen LogP contribution in [0.15, 0.2) is 44.9 Å². The van der Waals surface area contributed by atoms with Crippen LogP contribution in [0.1, 0.15) is 27.2 Å². The molecule has 8 heteroatoms. The molecule has 0 bridgehead atoms. The third-order valence-corrected chi connectivity index (χ3v) is 11.3. The smallest absolute Gasteiger partial charge is 0.273 e. The van der Waals surface area contributed by atoms with E-state index in [-0.39, 0.29) is 22.3 Å². The Morgan fingerprint density at radius 1 is 1.21 bits per heavy atom. The highest BCUT2D eigenvalue weighted by Crippen LogP contribution is 2.38. The van der Waals surface area contributed by atoms with Crippen LogP contribution in [0.4, 0.5) is 5.82 Å². The first-order chi connectivity index (χ1) is 13.5. The van der Waals surface area contributed by atoms with E-state index in [0.29, 0.717) is 5.69 Å². The summed E-state index contributed by atoms with van der Waals surface area (Å²) in [5.41, 5.74) is -0.144. The lowest BCUT2D eigenvalue weighted by Crippen LogP contribution is -2.44. The van der Waals surface area contributed by atoms with E-state index < -0.39 is 8.32 Å². The summed E-state index contributed by atoms with van der Waals surface area (Å²) in [5.74, 6) is 0.772. The summed E-state index contributed by atoms with van der Waals surface area (Å²) in [7, 11) is -1.82. The van der Waals surface area contributed by atoms with Gasteiger partial charge in [-0.05, 0) is 49.0 Å². The van der Waals surface area contributed by atoms with Crippen molar-refractivity contribution in [1.82, 2.24) is 9.55 Å². The molecule has 1 N–H and O–H groups in total. The van der Waals surface area contributed by atoms with Gasteiger partial charge in [0, 0.05) is 30.2 Å². The number of H-pyrrole nitrogens is 1. The highest BCUT2D eigenvalue weighted by atomic mass is 32.2. The van der Waals surface area contributed by atoms with Gasteiger partial charge < -0.3 is 14.3 Å². The number of aromatic amines is 1. The maximum absolute atomic E-state index is 12.7. The molecule has 3 heterocycles. The number of hydrogen-bond donors (Lipinski definition) is 1. The van der Waals surface area contributed by atoms with E-state index in [1.54, 1.807) is 18.3 Å². The molecule has 0 radical (unpaired) electrons. The summed E-state index contributed by atoms with van der Waals surface area (Å²) in [6.07, 6.45) is 4.70. The third kappa shape index (κ3) is 4.70. The van der Waals surface area contributed by atoms with Crippen LogP contribution in [0.25, 0.3) is 5.69 Å². The Morgan fingerprint density at radius 2 is 1.93 bits per heavy atom. The minimum Gasteiger partial charge on any atom is -0.412 e. The van der Waals surface area contributed by atoms with E-state index in [0.717, 1.165) is 30.2 Å². The number of anilines is 1. The molecule has 0 aliphatic carbocycles. The van der Waals surface area contributed by atoms with Crippen molar-refractivity contribution in [1.29, 1.82) is 0 Å². The summed E-state index contributed by atoms with van der Waals surface area (Å²) >= 11 is 1.50. The van der Waals surface area contributed by atoms with Crippen molar-refractivity contribution >= 4 is 25.9 Å². The van der Waals surface area contributed by atoms with Gasteiger partial charge in [-0.3, -0.25) is 14.2 Å². The van der Waals surface area contributed by atoms with E-state index in [9.17, 15) is 9.59 Å². The minimum absolute atomic E-state index is 0.176. The zero-order valence-electron chi connectivity index (χ0n) is 18.1. The lowest BCUT2D eigenvalue weighted by Gasteiger charge is -2.38. The maximum atomic E-state index is 12.7. The van der Waals surface area contributed by atoms with Crippen molar-refractivity contribution in [2.24, 2.45) is 0 Å². The molecule has 3 rings (SSSR count). The Bertz CT molecular complexity index is 994. The minimum atomic E-state index is -1.82. The first kappa shape index (κ1) is 21.9.